The van der Waals surface area contributed by atoms with Crippen LogP contribution < -0.4 is 4.74 Å². The van der Waals surface area contributed by atoms with Crippen LogP contribution in [0.15, 0.2) is 29.5 Å². The molecule has 2 aliphatic rings. The molecule has 3 heterocycles. The number of cyclic esters (lactones) is 1. The van der Waals surface area contributed by atoms with Crippen molar-refractivity contribution in [3.8, 4) is 11.5 Å². The predicted octanol–water partition coefficient (Wildman–Crippen LogP) is 4.88. The van der Waals surface area contributed by atoms with E-state index in [0.29, 0.717) is 30.2 Å². The Morgan fingerprint density at radius 3 is 2.58 bits per heavy atom. The number of carbonyl (C=O) groups excluding carboxylic acids is 1. The minimum atomic E-state index is -0.818. The molecule has 1 atom stereocenters. The van der Waals surface area contributed by atoms with Crippen molar-refractivity contribution in [3.63, 3.8) is 0 Å². The highest BCUT2D eigenvalue weighted by atomic mass is 16.6. The van der Waals surface area contributed by atoms with Crippen LogP contribution in [0.5, 0.6) is 11.5 Å². The van der Waals surface area contributed by atoms with Gasteiger partial charge in [0, 0.05) is 30.3 Å². The lowest BCUT2D eigenvalue weighted by Crippen LogP contribution is -2.46. The Morgan fingerprint density at radius 1 is 1.13 bits per heavy atom. The van der Waals surface area contributed by atoms with Crippen LogP contribution >= 0.6 is 0 Å². The second kappa shape index (κ2) is 10.3. The number of aromatic nitrogens is 4. The van der Waals surface area contributed by atoms with Crippen LogP contribution in [0.1, 0.15) is 73.8 Å². The first-order valence-corrected chi connectivity index (χ1v) is 13.5. The molecule has 202 valence electrons. The maximum absolute atomic E-state index is 13.4. The largest absolute Gasteiger partial charge is 0.512 e. The zero-order valence-corrected chi connectivity index (χ0v) is 22.6. The summed E-state index contributed by atoms with van der Waals surface area (Å²) in [5.41, 5.74) is 2.91. The number of rotatable bonds is 8. The Labute approximate surface area is 222 Å². The highest BCUT2D eigenvalue weighted by Crippen LogP contribution is 2.46. The summed E-state index contributed by atoms with van der Waals surface area (Å²) < 4.78 is 13.3. The summed E-state index contributed by atoms with van der Waals surface area (Å²) in [5, 5.41) is 26.4. The zero-order chi connectivity index (χ0) is 27.0. The third-order valence-corrected chi connectivity index (χ3v) is 8.13. The Bertz CT molecular complexity index is 1410. The molecule has 0 bridgehead atoms. The predicted molar refractivity (Wildman–Crippen MR) is 141 cm³/mol. The monoisotopic (exact) mass is 520 g/mol. The van der Waals surface area contributed by atoms with E-state index in [-0.39, 0.29) is 35.8 Å². The lowest BCUT2D eigenvalue weighted by Gasteiger charge is -2.41. The fourth-order valence-electron chi connectivity index (χ4n) is 6.11. The second-order valence-electron chi connectivity index (χ2n) is 10.6. The number of carbonyl (C=O) groups is 1. The number of hydrogen-bond acceptors (Lipinski definition) is 8. The minimum absolute atomic E-state index is 0.0427. The minimum Gasteiger partial charge on any atom is -0.512 e. The van der Waals surface area contributed by atoms with Crippen molar-refractivity contribution in [2.45, 2.75) is 84.2 Å². The number of benzene rings is 1. The van der Waals surface area contributed by atoms with Gasteiger partial charge in [-0.15, -0.1) is 5.10 Å². The molecule has 9 heteroatoms. The smallest absolute Gasteiger partial charge is 0.338 e. The van der Waals surface area contributed by atoms with Crippen molar-refractivity contribution in [1.82, 2.24) is 19.6 Å². The molecule has 1 aromatic carbocycles. The lowest BCUT2D eigenvalue weighted by molar-refractivity contribution is -0.167. The number of aliphatic hydroxyl groups is 1. The van der Waals surface area contributed by atoms with Crippen molar-refractivity contribution in [2.75, 3.05) is 7.11 Å². The standard InChI is InChI=1S/C29H36N4O5/c1-5-19-13-20(23(34)15-25(19)37-4)10-11-29(21-8-6-7-9-21)16-24(35)22(27(36)38-29)14-26-31-28-30-17(2)12-18(3)33(28)32-26/h12-13,15,21,34-35H,5-11,14,16H2,1-4H3. The third-order valence-electron chi connectivity index (χ3n) is 8.13. The average Bonchev–Trinajstić information content (AvgIpc) is 3.56. The number of nitrogens with zero attached hydrogens (tertiary/aromatic N) is 4. The molecule has 2 aromatic heterocycles. The van der Waals surface area contributed by atoms with E-state index in [9.17, 15) is 15.0 Å². The lowest BCUT2D eigenvalue weighted by atomic mass is 9.76. The molecule has 38 heavy (non-hydrogen) atoms. The number of phenolic OH excluding ortho intramolecular Hbond substituents is 1. The summed E-state index contributed by atoms with van der Waals surface area (Å²) in [5.74, 6) is 1.38. The average molecular weight is 521 g/mol. The van der Waals surface area contributed by atoms with Gasteiger partial charge in [-0.2, -0.15) is 4.98 Å². The normalized spacial score (nSPS) is 20.4. The Morgan fingerprint density at radius 2 is 1.89 bits per heavy atom. The number of aliphatic hydroxyl groups excluding tert-OH is 1. The van der Waals surface area contributed by atoms with Crippen molar-refractivity contribution < 1.29 is 24.5 Å². The summed E-state index contributed by atoms with van der Waals surface area (Å²) in [6.07, 6.45) is 6.18. The summed E-state index contributed by atoms with van der Waals surface area (Å²) in [4.78, 5) is 22.3. The SMILES string of the molecule is CCc1cc(CCC2(C3CCCC3)CC(O)=C(Cc3nc4nc(C)cc(C)n4n3)C(=O)O2)c(O)cc1OC. The summed E-state index contributed by atoms with van der Waals surface area (Å²) >= 11 is 0. The van der Waals surface area contributed by atoms with Crippen LogP contribution in [0, 0.1) is 19.8 Å². The van der Waals surface area contributed by atoms with Gasteiger partial charge in [0.15, 0.2) is 5.82 Å². The van der Waals surface area contributed by atoms with E-state index in [1.165, 1.54) is 0 Å². The molecule has 1 saturated carbocycles. The van der Waals surface area contributed by atoms with E-state index in [4.69, 9.17) is 9.47 Å². The number of fused-ring (bicyclic) bond motifs is 1. The summed E-state index contributed by atoms with van der Waals surface area (Å²) in [6, 6.07) is 5.53. The molecule has 1 aliphatic heterocycles. The van der Waals surface area contributed by atoms with Gasteiger partial charge >= 0.3 is 5.97 Å². The molecule has 1 unspecified atom stereocenters. The highest BCUT2D eigenvalue weighted by Gasteiger charge is 2.48. The summed E-state index contributed by atoms with van der Waals surface area (Å²) in [7, 11) is 1.59. The topological polar surface area (TPSA) is 119 Å². The number of esters is 1. The number of aromatic hydroxyl groups is 1. The Hall–Kier alpha value is -3.62. The third kappa shape index (κ3) is 4.81. The van der Waals surface area contributed by atoms with Crippen LogP contribution in [-0.2, 0) is 28.8 Å². The van der Waals surface area contributed by atoms with Gasteiger partial charge in [0.2, 0.25) is 0 Å². The first-order chi connectivity index (χ1) is 18.2. The highest BCUT2D eigenvalue weighted by molar-refractivity contribution is 5.90. The number of hydrogen-bond donors (Lipinski definition) is 2. The van der Waals surface area contributed by atoms with Gasteiger partial charge in [0.25, 0.3) is 5.78 Å². The van der Waals surface area contributed by atoms with Crippen LogP contribution in [-0.4, -0.2) is 48.5 Å². The molecule has 2 N–H and O–H groups in total. The molecule has 0 spiro atoms. The first-order valence-electron chi connectivity index (χ1n) is 13.5. The number of methoxy groups -OCH3 is 1. The number of phenols is 1. The van der Waals surface area contributed by atoms with Gasteiger partial charge in [-0.3, -0.25) is 0 Å². The molecule has 0 radical (unpaired) electrons. The molecular weight excluding hydrogens is 484 g/mol. The molecule has 0 saturated heterocycles. The molecule has 1 aliphatic carbocycles. The quantitative estimate of drug-likeness (QED) is 0.403. The molecular formula is C29H36N4O5. The van der Waals surface area contributed by atoms with E-state index in [0.717, 1.165) is 54.6 Å². The molecule has 3 aromatic rings. The van der Waals surface area contributed by atoms with Crippen molar-refractivity contribution in [1.29, 1.82) is 0 Å². The van der Waals surface area contributed by atoms with Crippen LogP contribution in [0.2, 0.25) is 0 Å². The van der Waals surface area contributed by atoms with E-state index in [2.05, 4.69) is 15.1 Å². The van der Waals surface area contributed by atoms with Crippen molar-refractivity contribution >= 4 is 11.7 Å². The second-order valence-corrected chi connectivity index (χ2v) is 10.6. The van der Waals surface area contributed by atoms with Gasteiger partial charge < -0.3 is 19.7 Å². The summed E-state index contributed by atoms with van der Waals surface area (Å²) in [6.45, 7) is 5.86. The van der Waals surface area contributed by atoms with Gasteiger partial charge in [-0.25, -0.2) is 14.3 Å². The molecule has 0 amide bonds. The van der Waals surface area contributed by atoms with Gasteiger partial charge in [0.1, 0.15) is 22.9 Å². The van der Waals surface area contributed by atoms with E-state index < -0.39 is 11.6 Å². The van der Waals surface area contributed by atoms with E-state index >= 15 is 0 Å². The van der Waals surface area contributed by atoms with Gasteiger partial charge in [-0.1, -0.05) is 19.8 Å². The van der Waals surface area contributed by atoms with Gasteiger partial charge in [0.05, 0.1) is 12.7 Å². The van der Waals surface area contributed by atoms with Gasteiger partial charge in [-0.05, 0) is 75.1 Å². The van der Waals surface area contributed by atoms with E-state index in [1.807, 2.05) is 32.9 Å². The number of ether oxygens (including phenoxy) is 2. The first kappa shape index (κ1) is 26.0. The van der Waals surface area contributed by atoms with Crippen LogP contribution in [0.25, 0.3) is 5.78 Å². The van der Waals surface area contributed by atoms with Crippen LogP contribution in [0.3, 0.4) is 0 Å². The van der Waals surface area contributed by atoms with Crippen LogP contribution in [0.4, 0.5) is 0 Å². The molecule has 1 fully saturated rings. The maximum Gasteiger partial charge on any atom is 0.338 e. The fourth-order valence-corrected chi connectivity index (χ4v) is 6.11. The van der Waals surface area contributed by atoms with Crippen molar-refractivity contribution in [2.24, 2.45) is 5.92 Å². The molecule has 5 rings (SSSR count). The molecule has 9 nitrogen and oxygen atoms in total. The number of aryl methyl sites for hydroxylation is 4. The Kier molecular flexibility index (Phi) is 7.03. The zero-order valence-electron chi connectivity index (χ0n) is 22.6. The van der Waals surface area contributed by atoms with Crippen molar-refractivity contribution in [3.05, 3.63) is 57.9 Å². The maximum atomic E-state index is 13.4. The fraction of sp³-hybridized carbons (Fsp3) is 0.517. The van der Waals surface area contributed by atoms with E-state index in [1.54, 1.807) is 17.7 Å². The Balaban J connectivity index is 1.42.